The molecule has 204 valence electrons. The SMILES string of the molecule is COC(=O)[C@@H](CSC[C@H](NC(=O)OCC1c2ccccc2-c2ccccc21)C(C)=O)NC(=O)OC(C)(C)C. The summed E-state index contributed by atoms with van der Waals surface area (Å²) in [6, 6.07) is 14.2. The quantitative estimate of drug-likeness (QED) is 0.337. The lowest BCUT2D eigenvalue weighted by Crippen LogP contribution is -2.46. The molecule has 0 saturated heterocycles. The highest BCUT2D eigenvalue weighted by Gasteiger charge is 2.30. The molecule has 0 aliphatic heterocycles. The van der Waals surface area contributed by atoms with Gasteiger partial charge in [-0.1, -0.05) is 48.5 Å². The molecule has 0 heterocycles. The number of hydrogen-bond acceptors (Lipinski definition) is 8. The molecule has 0 fully saturated rings. The maximum atomic E-state index is 12.6. The van der Waals surface area contributed by atoms with Crippen LogP contribution in [0.25, 0.3) is 11.1 Å². The van der Waals surface area contributed by atoms with Crippen LogP contribution in [0.4, 0.5) is 9.59 Å². The minimum absolute atomic E-state index is 0.0990. The summed E-state index contributed by atoms with van der Waals surface area (Å²) in [4.78, 5) is 49.0. The van der Waals surface area contributed by atoms with Crippen molar-refractivity contribution in [2.24, 2.45) is 0 Å². The van der Waals surface area contributed by atoms with Crippen LogP contribution in [0.2, 0.25) is 0 Å². The molecule has 0 unspecified atom stereocenters. The summed E-state index contributed by atoms with van der Waals surface area (Å²) in [5, 5.41) is 5.10. The molecule has 0 saturated carbocycles. The molecule has 1 aliphatic carbocycles. The molecule has 9 nitrogen and oxygen atoms in total. The zero-order valence-electron chi connectivity index (χ0n) is 22.2. The molecule has 2 aromatic rings. The van der Waals surface area contributed by atoms with E-state index in [1.54, 1.807) is 20.8 Å². The van der Waals surface area contributed by atoms with Crippen LogP contribution in [0.5, 0.6) is 0 Å². The summed E-state index contributed by atoms with van der Waals surface area (Å²) in [6.45, 7) is 6.62. The highest BCUT2D eigenvalue weighted by atomic mass is 32.2. The second kappa shape index (κ2) is 12.8. The van der Waals surface area contributed by atoms with Crippen molar-refractivity contribution in [3.63, 3.8) is 0 Å². The molecule has 2 aromatic carbocycles. The fourth-order valence-corrected chi connectivity index (χ4v) is 5.25. The Labute approximate surface area is 227 Å². The summed E-state index contributed by atoms with van der Waals surface area (Å²) in [5.41, 5.74) is 3.69. The number of nitrogens with one attached hydrogen (secondary N) is 2. The minimum Gasteiger partial charge on any atom is -0.467 e. The highest BCUT2D eigenvalue weighted by Crippen LogP contribution is 2.44. The van der Waals surface area contributed by atoms with Gasteiger partial charge in [-0.15, -0.1) is 0 Å². The Morgan fingerprint density at radius 2 is 1.39 bits per heavy atom. The third-order valence-corrected chi connectivity index (χ3v) is 7.01. The van der Waals surface area contributed by atoms with Gasteiger partial charge in [0.05, 0.1) is 13.2 Å². The van der Waals surface area contributed by atoms with Crippen LogP contribution in [0.1, 0.15) is 44.7 Å². The third-order valence-electron chi connectivity index (χ3n) is 5.87. The number of amides is 2. The average Bonchev–Trinajstić information content (AvgIpc) is 3.18. The molecule has 2 amide bonds. The Morgan fingerprint density at radius 3 is 1.92 bits per heavy atom. The first-order valence-electron chi connectivity index (χ1n) is 12.3. The maximum Gasteiger partial charge on any atom is 0.408 e. The van der Waals surface area contributed by atoms with E-state index in [1.807, 2.05) is 36.4 Å². The molecule has 0 radical (unpaired) electrons. The highest BCUT2D eigenvalue weighted by molar-refractivity contribution is 7.99. The van der Waals surface area contributed by atoms with Crippen molar-refractivity contribution >= 4 is 35.7 Å². The summed E-state index contributed by atoms with van der Waals surface area (Å²) < 4.78 is 15.5. The standard InChI is InChI=1S/C28H34N2O7S/c1-17(31)23(15-38-16-24(25(32)35-5)30-27(34)37-28(2,3)4)29-26(33)36-14-22-20-12-8-6-10-18(20)19-11-7-9-13-21(19)22/h6-13,22-24H,14-16H2,1-5H3,(H,29,33)(H,30,34)/t23-,24+/m0/s1. The number of ether oxygens (including phenoxy) is 3. The number of hydrogen-bond donors (Lipinski definition) is 2. The van der Waals surface area contributed by atoms with Gasteiger partial charge in [-0.25, -0.2) is 14.4 Å². The lowest BCUT2D eigenvalue weighted by atomic mass is 9.98. The van der Waals surface area contributed by atoms with E-state index >= 15 is 0 Å². The van der Waals surface area contributed by atoms with Crippen molar-refractivity contribution < 1.29 is 33.4 Å². The Hall–Kier alpha value is -3.53. The molecule has 0 aromatic heterocycles. The number of carbonyl (C=O) groups excluding carboxylic acids is 4. The minimum atomic E-state index is -0.984. The van der Waals surface area contributed by atoms with E-state index in [1.165, 1.54) is 25.8 Å². The zero-order valence-corrected chi connectivity index (χ0v) is 23.1. The van der Waals surface area contributed by atoms with Crippen LogP contribution in [0.3, 0.4) is 0 Å². The molecular formula is C28H34N2O7S. The first-order valence-corrected chi connectivity index (χ1v) is 13.4. The van der Waals surface area contributed by atoms with E-state index in [2.05, 4.69) is 22.8 Å². The van der Waals surface area contributed by atoms with Crippen LogP contribution in [0.15, 0.2) is 48.5 Å². The van der Waals surface area contributed by atoms with Gasteiger partial charge in [0.15, 0.2) is 5.78 Å². The van der Waals surface area contributed by atoms with Crippen LogP contribution in [0, 0.1) is 0 Å². The van der Waals surface area contributed by atoms with Gasteiger partial charge in [-0.3, -0.25) is 4.79 Å². The maximum absolute atomic E-state index is 12.6. The second-order valence-electron chi connectivity index (χ2n) is 9.89. The van der Waals surface area contributed by atoms with Gasteiger partial charge in [0.1, 0.15) is 18.2 Å². The second-order valence-corrected chi connectivity index (χ2v) is 11.0. The molecule has 10 heteroatoms. The number of alkyl carbamates (subject to hydrolysis) is 2. The fourth-order valence-electron chi connectivity index (χ4n) is 4.11. The van der Waals surface area contributed by atoms with Gasteiger partial charge in [-0.05, 0) is 49.9 Å². The van der Waals surface area contributed by atoms with Crippen LogP contribution in [-0.2, 0) is 23.8 Å². The molecule has 38 heavy (non-hydrogen) atoms. The number of methoxy groups -OCH3 is 1. The Kier molecular flexibility index (Phi) is 9.79. The fraction of sp³-hybridized carbons (Fsp3) is 0.429. The van der Waals surface area contributed by atoms with E-state index in [4.69, 9.17) is 14.2 Å². The number of ketones is 1. The van der Waals surface area contributed by atoms with Crippen molar-refractivity contribution in [3.05, 3.63) is 59.7 Å². The monoisotopic (exact) mass is 542 g/mol. The summed E-state index contributed by atoms with van der Waals surface area (Å²) >= 11 is 1.21. The number of carbonyl (C=O) groups is 4. The Morgan fingerprint density at radius 1 is 0.868 bits per heavy atom. The predicted molar refractivity (Wildman–Crippen MR) is 145 cm³/mol. The third kappa shape index (κ3) is 7.74. The summed E-state index contributed by atoms with van der Waals surface area (Å²) in [7, 11) is 1.22. The largest absolute Gasteiger partial charge is 0.467 e. The summed E-state index contributed by atoms with van der Waals surface area (Å²) in [6.07, 6.45) is -1.46. The molecule has 0 spiro atoms. The zero-order chi connectivity index (χ0) is 27.9. The van der Waals surface area contributed by atoms with Gasteiger partial charge in [0, 0.05) is 17.4 Å². The number of Topliss-reactive ketones (excluding diaryl/α,β-unsaturated/α-hetero) is 1. The molecule has 1 aliphatic rings. The van der Waals surface area contributed by atoms with Crippen molar-refractivity contribution in [2.45, 2.75) is 51.3 Å². The van der Waals surface area contributed by atoms with E-state index in [9.17, 15) is 19.2 Å². The van der Waals surface area contributed by atoms with E-state index in [0.717, 1.165) is 22.3 Å². The van der Waals surface area contributed by atoms with E-state index in [0.29, 0.717) is 0 Å². The number of thioether (sulfide) groups is 1. The lowest BCUT2D eigenvalue weighted by molar-refractivity contribution is -0.142. The topological polar surface area (TPSA) is 120 Å². The van der Waals surface area contributed by atoms with Crippen LogP contribution in [-0.4, -0.2) is 66.8 Å². The summed E-state index contributed by atoms with van der Waals surface area (Å²) in [5.74, 6) is -0.726. The van der Waals surface area contributed by atoms with Crippen molar-refractivity contribution in [1.82, 2.24) is 10.6 Å². The molecule has 2 atom stereocenters. The normalized spacial score (nSPS) is 13.9. The molecule has 2 N–H and O–H groups in total. The molecule has 0 bridgehead atoms. The van der Waals surface area contributed by atoms with E-state index in [-0.39, 0.29) is 29.8 Å². The number of benzene rings is 2. The van der Waals surface area contributed by atoms with Crippen molar-refractivity contribution in [2.75, 3.05) is 25.2 Å². The molecular weight excluding hydrogens is 508 g/mol. The van der Waals surface area contributed by atoms with Gasteiger partial charge in [-0.2, -0.15) is 11.8 Å². The lowest BCUT2D eigenvalue weighted by Gasteiger charge is -2.23. The predicted octanol–water partition coefficient (Wildman–Crippen LogP) is 4.28. The smallest absolute Gasteiger partial charge is 0.408 e. The van der Waals surface area contributed by atoms with Gasteiger partial charge >= 0.3 is 18.2 Å². The van der Waals surface area contributed by atoms with Crippen molar-refractivity contribution in [3.8, 4) is 11.1 Å². The van der Waals surface area contributed by atoms with Gasteiger partial charge in [0.25, 0.3) is 0 Å². The number of rotatable bonds is 10. The average molecular weight is 543 g/mol. The first kappa shape index (κ1) is 29.0. The molecule has 3 rings (SSSR count). The van der Waals surface area contributed by atoms with Gasteiger partial charge in [0.2, 0.25) is 0 Å². The number of fused-ring (bicyclic) bond motifs is 3. The van der Waals surface area contributed by atoms with Crippen molar-refractivity contribution in [1.29, 1.82) is 0 Å². The van der Waals surface area contributed by atoms with Crippen LogP contribution < -0.4 is 10.6 Å². The Bertz CT molecular complexity index is 1130. The Balaban J connectivity index is 1.54. The number of esters is 1. The van der Waals surface area contributed by atoms with Crippen LogP contribution >= 0.6 is 11.8 Å². The first-order chi connectivity index (χ1) is 18.0. The van der Waals surface area contributed by atoms with E-state index < -0.39 is 35.8 Å². The van der Waals surface area contributed by atoms with Gasteiger partial charge < -0.3 is 24.8 Å².